The quantitative estimate of drug-likeness (QED) is 0.729. The van der Waals surface area contributed by atoms with Crippen LogP contribution in [0.15, 0.2) is 0 Å². The lowest BCUT2D eigenvalue weighted by Gasteiger charge is -2.21. The molecule has 1 aliphatic heterocycles. The molecule has 0 unspecified atom stereocenters. The summed E-state index contributed by atoms with van der Waals surface area (Å²) in [5.41, 5.74) is 0. The van der Waals surface area contributed by atoms with Crippen molar-refractivity contribution in [2.45, 2.75) is 24.3 Å². The van der Waals surface area contributed by atoms with E-state index in [0.717, 1.165) is 0 Å². The van der Waals surface area contributed by atoms with Crippen LogP contribution in [0.1, 0.15) is 13.8 Å². The molecular weight excluding hydrogens is 239 g/mol. The van der Waals surface area contributed by atoms with Gasteiger partial charge in [-0.2, -0.15) is 0 Å². The van der Waals surface area contributed by atoms with E-state index in [1.54, 1.807) is 13.8 Å². The summed E-state index contributed by atoms with van der Waals surface area (Å²) in [4.78, 5) is 0. The van der Waals surface area contributed by atoms with Crippen molar-refractivity contribution in [1.29, 1.82) is 0 Å². The van der Waals surface area contributed by atoms with Crippen molar-refractivity contribution < 1.29 is 23.5 Å². The lowest BCUT2D eigenvalue weighted by molar-refractivity contribution is 0.122. The molecule has 1 aliphatic rings. The van der Waals surface area contributed by atoms with Crippen LogP contribution < -0.4 is 0 Å². The second kappa shape index (κ2) is 6.23. The van der Waals surface area contributed by atoms with Crippen LogP contribution in [0.2, 0.25) is 0 Å². The molecule has 0 bridgehead atoms. The Morgan fingerprint density at radius 3 is 2.47 bits per heavy atom. The van der Waals surface area contributed by atoms with E-state index in [-0.39, 0.29) is 11.9 Å². The second-order valence-electron chi connectivity index (χ2n) is 2.96. The van der Waals surface area contributed by atoms with Crippen LogP contribution in [0.5, 0.6) is 0 Å². The summed E-state index contributed by atoms with van der Waals surface area (Å²) in [5, 5.41) is 8.30. The predicted molar refractivity (Wildman–Crippen MR) is 59.1 cm³/mol. The number of aliphatic hydroxyl groups is 1. The number of ether oxygens (including phenoxy) is 1. The van der Waals surface area contributed by atoms with Gasteiger partial charge in [-0.05, 0) is 13.8 Å². The van der Waals surface area contributed by atoms with Gasteiger partial charge >= 0.3 is 7.60 Å². The Morgan fingerprint density at radius 2 is 2.07 bits per heavy atom. The highest BCUT2D eigenvalue weighted by Gasteiger charge is 2.42. The van der Waals surface area contributed by atoms with Crippen LogP contribution in [0.25, 0.3) is 0 Å². The number of hydrogen-bond acceptors (Lipinski definition) is 6. The number of aliphatic hydroxyl groups excluding tert-OH is 1. The monoisotopic (exact) mass is 256 g/mol. The van der Waals surface area contributed by atoms with Crippen molar-refractivity contribution in [3.8, 4) is 0 Å². The smallest absolute Gasteiger partial charge is 0.369 e. The van der Waals surface area contributed by atoms with E-state index < -0.39 is 12.8 Å². The van der Waals surface area contributed by atoms with Crippen molar-refractivity contribution >= 4 is 19.4 Å². The Kier molecular flexibility index (Phi) is 5.60. The first-order valence-corrected chi connectivity index (χ1v) is 7.48. The van der Waals surface area contributed by atoms with Crippen molar-refractivity contribution in [2.24, 2.45) is 0 Å². The summed E-state index contributed by atoms with van der Waals surface area (Å²) >= 11 is 1.31. The maximum absolute atomic E-state index is 12.2. The molecule has 7 heteroatoms. The van der Waals surface area contributed by atoms with Gasteiger partial charge in [-0.3, -0.25) is 4.57 Å². The summed E-state index contributed by atoms with van der Waals surface area (Å²) in [6.45, 7) is 4.56. The lowest BCUT2D eigenvalue weighted by atomic mass is 10.5. The molecule has 0 aromatic heterocycles. The van der Waals surface area contributed by atoms with Crippen molar-refractivity contribution in [2.75, 3.05) is 26.4 Å². The number of thioether (sulfide) groups is 1. The Labute approximate surface area is 94.0 Å². The molecule has 5 nitrogen and oxygen atoms in total. The molecule has 0 aliphatic carbocycles. The highest BCUT2D eigenvalue weighted by Crippen LogP contribution is 2.60. The SMILES string of the molecule is CCOP(=O)(OCC)[C@@H]1OC[C@@H](CO)S1. The van der Waals surface area contributed by atoms with Gasteiger partial charge in [0.1, 0.15) is 0 Å². The summed E-state index contributed by atoms with van der Waals surface area (Å²) < 4.78 is 27.8. The van der Waals surface area contributed by atoms with Gasteiger partial charge in [-0.1, -0.05) is 0 Å². The molecule has 0 aromatic rings. The number of rotatable bonds is 6. The highest BCUT2D eigenvalue weighted by molar-refractivity contribution is 8.06. The van der Waals surface area contributed by atoms with Crippen LogP contribution in [0.3, 0.4) is 0 Å². The fraction of sp³-hybridized carbons (Fsp3) is 1.00. The minimum absolute atomic E-state index is 0.0133. The fourth-order valence-electron chi connectivity index (χ4n) is 1.21. The zero-order chi connectivity index (χ0) is 11.3. The third-order valence-electron chi connectivity index (χ3n) is 1.81. The van der Waals surface area contributed by atoms with Crippen LogP contribution in [-0.2, 0) is 18.3 Å². The van der Waals surface area contributed by atoms with Gasteiger partial charge in [0.2, 0.25) is 5.18 Å². The second-order valence-corrected chi connectivity index (χ2v) is 6.74. The highest BCUT2D eigenvalue weighted by atomic mass is 32.2. The third-order valence-corrected chi connectivity index (χ3v) is 5.89. The average Bonchev–Trinajstić information content (AvgIpc) is 2.67. The van der Waals surface area contributed by atoms with E-state index in [2.05, 4.69) is 0 Å². The summed E-state index contributed by atoms with van der Waals surface area (Å²) in [7, 11) is -3.19. The fourth-order valence-corrected chi connectivity index (χ4v) is 4.73. The largest absolute Gasteiger partial charge is 0.395 e. The van der Waals surface area contributed by atoms with Crippen LogP contribution >= 0.6 is 19.4 Å². The maximum atomic E-state index is 12.2. The molecule has 15 heavy (non-hydrogen) atoms. The van der Waals surface area contributed by atoms with Crippen LogP contribution in [-0.4, -0.2) is 42.0 Å². The van der Waals surface area contributed by atoms with Crippen LogP contribution in [0, 0.1) is 0 Å². The molecule has 1 N–H and O–H groups in total. The first-order chi connectivity index (χ1) is 7.16. The van der Waals surface area contributed by atoms with E-state index in [1.165, 1.54) is 11.8 Å². The predicted octanol–water partition coefficient (Wildman–Crippen LogP) is 1.66. The molecule has 1 fully saturated rings. The summed E-state index contributed by atoms with van der Waals surface area (Å²) in [6.07, 6.45) is 0. The third kappa shape index (κ3) is 3.44. The Bertz CT molecular complexity index is 227. The van der Waals surface area contributed by atoms with E-state index in [0.29, 0.717) is 19.8 Å². The molecule has 0 aromatic carbocycles. The van der Waals surface area contributed by atoms with Gasteiger partial charge < -0.3 is 18.9 Å². The molecule has 90 valence electrons. The first-order valence-electron chi connectivity index (χ1n) is 4.93. The van der Waals surface area contributed by atoms with Gasteiger partial charge in [0.05, 0.1) is 31.7 Å². The normalized spacial score (nSPS) is 27.1. The molecule has 0 saturated carbocycles. The van der Waals surface area contributed by atoms with Crippen molar-refractivity contribution in [3.05, 3.63) is 0 Å². The van der Waals surface area contributed by atoms with Gasteiger partial charge in [-0.25, -0.2) is 0 Å². The van der Waals surface area contributed by atoms with E-state index >= 15 is 0 Å². The van der Waals surface area contributed by atoms with E-state index in [9.17, 15) is 4.57 Å². The zero-order valence-corrected chi connectivity index (χ0v) is 10.6. The average molecular weight is 256 g/mol. The molecule has 1 heterocycles. The van der Waals surface area contributed by atoms with Gasteiger partial charge in [0.25, 0.3) is 0 Å². The summed E-state index contributed by atoms with van der Waals surface area (Å²) in [5.74, 6) is 0. The summed E-state index contributed by atoms with van der Waals surface area (Å²) in [6, 6.07) is 0. The zero-order valence-electron chi connectivity index (χ0n) is 8.92. The maximum Gasteiger partial charge on any atom is 0.369 e. The van der Waals surface area contributed by atoms with Crippen LogP contribution in [0.4, 0.5) is 0 Å². The molecule has 0 spiro atoms. The van der Waals surface area contributed by atoms with Gasteiger partial charge in [0, 0.05) is 0 Å². The first kappa shape index (κ1) is 13.5. The van der Waals surface area contributed by atoms with Crippen molar-refractivity contribution in [3.63, 3.8) is 0 Å². The topological polar surface area (TPSA) is 65.0 Å². The van der Waals surface area contributed by atoms with Gasteiger partial charge in [-0.15, -0.1) is 11.8 Å². The molecule has 0 radical (unpaired) electrons. The molecule has 0 amide bonds. The Hall–Kier alpha value is 0.420. The minimum Gasteiger partial charge on any atom is -0.395 e. The number of hydrogen-bond donors (Lipinski definition) is 1. The minimum atomic E-state index is -3.19. The molecule has 1 rings (SSSR count). The standard InChI is InChI=1S/C8H17O5PS/c1-3-12-14(10,13-4-2)8-11-6-7(5-9)15-8/h7-9H,3-6H2,1-2H3/t7-,8+/m1/s1. The van der Waals surface area contributed by atoms with E-state index in [4.69, 9.17) is 18.9 Å². The lowest BCUT2D eigenvalue weighted by Crippen LogP contribution is -2.09. The Balaban J connectivity index is 2.61. The molecular formula is C8H17O5PS. The van der Waals surface area contributed by atoms with E-state index in [1.807, 2.05) is 0 Å². The van der Waals surface area contributed by atoms with Crippen molar-refractivity contribution in [1.82, 2.24) is 0 Å². The Morgan fingerprint density at radius 1 is 1.47 bits per heavy atom. The van der Waals surface area contributed by atoms with Gasteiger partial charge in [0.15, 0.2) is 0 Å². The molecule has 2 atom stereocenters. The molecule has 1 saturated heterocycles.